The lowest BCUT2D eigenvalue weighted by atomic mass is 10.1. The summed E-state index contributed by atoms with van der Waals surface area (Å²) in [5, 5.41) is 2.47. The molecule has 0 saturated carbocycles. The maximum atomic E-state index is 13.7. The summed E-state index contributed by atoms with van der Waals surface area (Å²) in [5.41, 5.74) is 1.22. The number of hydrogen-bond donors (Lipinski definition) is 1. The number of halogens is 1. The maximum absolute atomic E-state index is 13.7. The molecule has 1 heterocycles. The number of anilines is 2. The van der Waals surface area contributed by atoms with Crippen LogP contribution in [0, 0.1) is 5.82 Å². The summed E-state index contributed by atoms with van der Waals surface area (Å²) in [5.74, 6) is -1.38. The van der Waals surface area contributed by atoms with Crippen LogP contribution in [0.1, 0.15) is 20.7 Å². The normalized spacial score (nSPS) is 10.2. The molecule has 0 spiro atoms. The summed E-state index contributed by atoms with van der Waals surface area (Å²) in [6, 6.07) is 16.4. The molecule has 130 valence electrons. The molecule has 0 bridgehead atoms. The smallest absolute Gasteiger partial charge is 0.259 e. The van der Waals surface area contributed by atoms with Crippen LogP contribution in [0.5, 0.6) is 0 Å². The lowest BCUT2D eigenvalue weighted by molar-refractivity contribution is 0.0992. The van der Waals surface area contributed by atoms with Crippen LogP contribution in [-0.2, 0) is 0 Å². The first-order valence-corrected chi connectivity index (χ1v) is 7.90. The topological polar surface area (TPSA) is 62.3 Å². The zero-order chi connectivity index (χ0) is 18.5. The van der Waals surface area contributed by atoms with Gasteiger partial charge in [-0.1, -0.05) is 30.3 Å². The van der Waals surface area contributed by atoms with E-state index in [1.165, 1.54) is 41.6 Å². The molecule has 3 aromatic rings. The fourth-order valence-electron chi connectivity index (χ4n) is 2.40. The Morgan fingerprint density at radius 3 is 2.35 bits per heavy atom. The molecule has 0 aliphatic heterocycles. The van der Waals surface area contributed by atoms with E-state index < -0.39 is 11.7 Å². The van der Waals surface area contributed by atoms with Crippen LogP contribution in [0.4, 0.5) is 15.8 Å². The van der Waals surface area contributed by atoms with Crippen LogP contribution in [0.25, 0.3) is 0 Å². The fraction of sp³-hybridized carbons (Fsp3) is 0.0500. The number of amides is 2. The van der Waals surface area contributed by atoms with Gasteiger partial charge in [0.15, 0.2) is 0 Å². The quantitative estimate of drug-likeness (QED) is 0.780. The molecule has 3 rings (SSSR count). The van der Waals surface area contributed by atoms with Gasteiger partial charge in [-0.3, -0.25) is 14.6 Å². The van der Waals surface area contributed by atoms with Crippen molar-refractivity contribution in [1.29, 1.82) is 0 Å². The summed E-state index contributed by atoms with van der Waals surface area (Å²) < 4.78 is 13.7. The van der Waals surface area contributed by atoms with Crippen LogP contribution >= 0.6 is 0 Å². The van der Waals surface area contributed by atoms with E-state index in [1.807, 2.05) is 18.2 Å². The van der Waals surface area contributed by atoms with Crippen LogP contribution in [0.3, 0.4) is 0 Å². The lowest BCUT2D eigenvalue weighted by Gasteiger charge is -2.17. The van der Waals surface area contributed by atoms with Gasteiger partial charge >= 0.3 is 0 Å². The second-order valence-electron chi connectivity index (χ2n) is 5.60. The first-order valence-electron chi connectivity index (χ1n) is 7.90. The van der Waals surface area contributed by atoms with Crippen molar-refractivity contribution in [2.45, 2.75) is 0 Å². The number of nitrogens with one attached hydrogen (secondary N) is 1. The molecule has 0 aliphatic rings. The number of para-hydroxylation sites is 2. The molecule has 5 nitrogen and oxygen atoms in total. The Morgan fingerprint density at radius 1 is 0.962 bits per heavy atom. The molecular formula is C20H16FN3O2. The minimum Gasteiger partial charge on any atom is -0.319 e. The van der Waals surface area contributed by atoms with Crippen LogP contribution < -0.4 is 10.2 Å². The Hall–Kier alpha value is -3.54. The zero-order valence-electron chi connectivity index (χ0n) is 14.0. The monoisotopic (exact) mass is 349 g/mol. The number of carbonyl (C=O) groups is 2. The summed E-state index contributed by atoms with van der Waals surface area (Å²) >= 11 is 0. The maximum Gasteiger partial charge on any atom is 0.259 e. The van der Waals surface area contributed by atoms with Gasteiger partial charge in [0.25, 0.3) is 11.8 Å². The van der Waals surface area contributed by atoms with Gasteiger partial charge in [-0.05, 0) is 30.3 Å². The van der Waals surface area contributed by atoms with Crippen LogP contribution in [0.2, 0.25) is 0 Å². The minimum atomic E-state index is -0.542. The van der Waals surface area contributed by atoms with Gasteiger partial charge in [-0.25, -0.2) is 4.39 Å². The molecule has 0 saturated heterocycles. The predicted molar refractivity (Wildman–Crippen MR) is 97.8 cm³/mol. The third-order valence-corrected chi connectivity index (χ3v) is 3.82. The van der Waals surface area contributed by atoms with Crippen molar-refractivity contribution in [2.24, 2.45) is 0 Å². The molecular weight excluding hydrogens is 333 g/mol. The predicted octanol–water partition coefficient (Wildman–Crippen LogP) is 3.75. The van der Waals surface area contributed by atoms with Gasteiger partial charge in [0.05, 0.1) is 16.8 Å². The number of rotatable bonds is 4. The molecule has 0 atom stereocenters. The molecule has 26 heavy (non-hydrogen) atoms. The first-order chi connectivity index (χ1) is 12.6. The number of nitrogens with zero attached hydrogens (tertiary/aromatic N) is 2. The van der Waals surface area contributed by atoms with E-state index in [2.05, 4.69) is 10.3 Å². The van der Waals surface area contributed by atoms with Crippen molar-refractivity contribution in [3.05, 3.63) is 90.0 Å². The van der Waals surface area contributed by atoms with E-state index in [0.717, 1.165) is 5.69 Å². The second-order valence-corrected chi connectivity index (χ2v) is 5.60. The SMILES string of the molecule is CN(C(=O)c1cncc(C(=O)Nc2ccccc2F)c1)c1ccccc1. The van der Waals surface area contributed by atoms with Crippen molar-refractivity contribution in [2.75, 3.05) is 17.3 Å². The molecule has 0 radical (unpaired) electrons. The zero-order valence-corrected chi connectivity index (χ0v) is 14.0. The molecule has 1 N–H and O–H groups in total. The molecule has 1 aromatic heterocycles. The van der Waals surface area contributed by atoms with Crippen molar-refractivity contribution in [1.82, 2.24) is 4.98 Å². The Kier molecular flexibility index (Phi) is 5.03. The number of benzene rings is 2. The number of carbonyl (C=O) groups excluding carboxylic acids is 2. The van der Waals surface area contributed by atoms with E-state index in [9.17, 15) is 14.0 Å². The van der Waals surface area contributed by atoms with Crippen molar-refractivity contribution in [3.63, 3.8) is 0 Å². The highest BCUT2D eigenvalue weighted by Crippen LogP contribution is 2.17. The minimum absolute atomic E-state index is 0.0654. The number of hydrogen-bond acceptors (Lipinski definition) is 3. The third-order valence-electron chi connectivity index (χ3n) is 3.82. The highest BCUT2D eigenvalue weighted by Gasteiger charge is 2.16. The van der Waals surface area contributed by atoms with Gasteiger partial charge in [-0.15, -0.1) is 0 Å². The summed E-state index contributed by atoms with van der Waals surface area (Å²) in [6.07, 6.45) is 2.72. The molecule has 2 amide bonds. The standard InChI is InChI=1S/C20H16FN3O2/c1-24(16-7-3-2-4-8-16)20(26)15-11-14(12-22-13-15)19(25)23-18-10-6-5-9-17(18)21/h2-13H,1H3,(H,23,25). The molecule has 0 aliphatic carbocycles. The Labute approximate surface area is 150 Å². The summed E-state index contributed by atoms with van der Waals surface area (Å²) in [6.45, 7) is 0. The van der Waals surface area contributed by atoms with E-state index in [4.69, 9.17) is 0 Å². The van der Waals surface area contributed by atoms with E-state index in [-0.39, 0.29) is 22.7 Å². The fourth-order valence-corrected chi connectivity index (χ4v) is 2.40. The van der Waals surface area contributed by atoms with Crippen LogP contribution in [-0.4, -0.2) is 23.8 Å². The van der Waals surface area contributed by atoms with E-state index >= 15 is 0 Å². The van der Waals surface area contributed by atoms with Crippen molar-refractivity contribution < 1.29 is 14.0 Å². The number of pyridine rings is 1. The molecule has 0 fully saturated rings. The third kappa shape index (κ3) is 3.75. The second kappa shape index (κ2) is 7.57. The Morgan fingerprint density at radius 2 is 1.62 bits per heavy atom. The Bertz CT molecular complexity index is 945. The van der Waals surface area contributed by atoms with E-state index in [1.54, 1.807) is 25.2 Å². The lowest BCUT2D eigenvalue weighted by Crippen LogP contribution is -2.26. The number of aromatic nitrogens is 1. The largest absolute Gasteiger partial charge is 0.319 e. The van der Waals surface area contributed by atoms with Gasteiger partial charge in [0, 0.05) is 25.1 Å². The van der Waals surface area contributed by atoms with Crippen molar-refractivity contribution in [3.8, 4) is 0 Å². The average Bonchev–Trinajstić information content (AvgIpc) is 2.69. The van der Waals surface area contributed by atoms with Gasteiger partial charge in [0.1, 0.15) is 5.82 Å². The van der Waals surface area contributed by atoms with Gasteiger partial charge < -0.3 is 10.2 Å². The first kappa shape index (κ1) is 17.3. The van der Waals surface area contributed by atoms with E-state index in [0.29, 0.717) is 0 Å². The molecule has 6 heteroatoms. The highest BCUT2D eigenvalue weighted by atomic mass is 19.1. The molecule has 0 unspecified atom stereocenters. The Balaban J connectivity index is 1.80. The summed E-state index contributed by atoms with van der Waals surface area (Å²) in [4.78, 5) is 30.4. The highest BCUT2D eigenvalue weighted by molar-refractivity contribution is 6.09. The van der Waals surface area contributed by atoms with Gasteiger partial charge in [-0.2, -0.15) is 0 Å². The van der Waals surface area contributed by atoms with Gasteiger partial charge in [0.2, 0.25) is 0 Å². The summed E-state index contributed by atoms with van der Waals surface area (Å²) in [7, 11) is 1.64. The molecule has 2 aromatic carbocycles. The average molecular weight is 349 g/mol. The van der Waals surface area contributed by atoms with Crippen molar-refractivity contribution >= 4 is 23.2 Å². The van der Waals surface area contributed by atoms with Crippen LogP contribution in [0.15, 0.2) is 73.1 Å².